The first-order valence-corrected chi connectivity index (χ1v) is 11.8. The summed E-state index contributed by atoms with van der Waals surface area (Å²) >= 11 is 0. The van der Waals surface area contributed by atoms with Crippen molar-refractivity contribution < 1.29 is 9.47 Å². The lowest BCUT2D eigenvalue weighted by Gasteiger charge is -2.24. The van der Waals surface area contributed by atoms with Gasteiger partial charge in [-0.2, -0.15) is 10.2 Å². The number of H-pyrrole nitrogens is 1. The number of fused-ring (bicyclic) bond motifs is 1. The molecular weight excluding hydrogens is 418 g/mol. The molecule has 2 saturated heterocycles. The molecule has 0 amide bonds. The SMILES string of the molecule is Cn1nc(-c2n[nH]c3ccc(OC4(C)CC4)cc23)cc(N2CCC3(COC(C)(C)C3)C2)c1=O. The van der Waals surface area contributed by atoms with Crippen LogP contribution in [0.4, 0.5) is 5.69 Å². The summed E-state index contributed by atoms with van der Waals surface area (Å²) in [6.45, 7) is 8.85. The van der Waals surface area contributed by atoms with Gasteiger partial charge in [-0.25, -0.2) is 4.68 Å². The Bertz CT molecular complexity index is 1310. The van der Waals surface area contributed by atoms with Gasteiger partial charge in [-0.05, 0) is 70.7 Å². The number of aryl methyl sites for hydroxylation is 1. The molecule has 1 saturated carbocycles. The Morgan fingerprint density at radius 1 is 1.15 bits per heavy atom. The first-order valence-electron chi connectivity index (χ1n) is 11.8. The van der Waals surface area contributed by atoms with E-state index in [9.17, 15) is 4.79 Å². The second kappa shape index (κ2) is 6.82. The van der Waals surface area contributed by atoms with Crippen LogP contribution in [0.2, 0.25) is 0 Å². The number of rotatable bonds is 4. The van der Waals surface area contributed by atoms with Gasteiger partial charge < -0.3 is 14.4 Å². The predicted molar refractivity (Wildman–Crippen MR) is 127 cm³/mol. The highest BCUT2D eigenvalue weighted by atomic mass is 16.5. The van der Waals surface area contributed by atoms with Crippen molar-refractivity contribution in [3.8, 4) is 17.1 Å². The highest BCUT2D eigenvalue weighted by Gasteiger charge is 2.48. The van der Waals surface area contributed by atoms with E-state index in [-0.39, 0.29) is 22.2 Å². The molecule has 4 heterocycles. The van der Waals surface area contributed by atoms with Gasteiger partial charge in [0.1, 0.15) is 28.4 Å². The zero-order chi connectivity index (χ0) is 23.0. The van der Waals surface area contributed by atoms with E-state index in [1.807, 2.05) is 24.3 Å². The van der Waals surface area contributed by atoms with Crippen LogP contribution in [0.5, 0.6) is 5.75 Å². The van der Waals surface area contributed by atoms with Crippen LogP contribution in [0, 0.1) is 5.41 Å². The number of nitrogens with one attached hydrogen (secondary N) is 1. The van der Waals surface area contributed by atoms with Crippen molar-refractivity contribution in [3.63, 3.8) is 0 Å². The molecule has 3 aliphatic rings. The summed E-state index contributed by atoms with van der Waals surface area (Å²) in [7, 11) is 1.71. The van der Waals surface area contributed by atoms with Crippen LogP contribution in [-0.2, 0) is 11.8 Å². The molecule has 2 aromatic heterocycles. The zero-order valence-corrected chi connectivity index (χ0v) is 19.8. The van der Waals surface area contributed by atoms with Gasteiger partial charge in [0.25, 0.3) is 5.56 Å². The van der Waals surface area contributed by atoms with Gasteiger partial charge in [0.05, 0.1) is 17.7 Å². The first kappa shape index (κ1) is 20.7. The summed E-state index contributed by atoms with van der Waals surface area (Å²) in [4.78, 5) is 15.3. The maximum absolute atomic E-state index is 13.1. The Balaban J connectivity index is 1.36. The fourth-order valence-electron chi connectivity index (χ4n) is 5.51. The quantitative estimate of drug-likeness (QED) is 0.654. The molecule has 2 aliphatic heterocycles. The molecule has 6 rings (SSSR count). The van der Waals surface area contributed by atoms with E-state index in [0.29, 0.717) is 11.4 Å². The van der Waals surface area contributed by atoms with Crippen LogP contribution in [0.25, 0.3) is 22.3 Å². The van der Waals surface area contributed by atoms with Crippen LogP contribution >= 0.6 is 0 Å². The van der Waals surface area contributed by atoms with Crippen LogP contribution < -0.4 is 15.2 Å². The lowest BCUT2D eigenvalue weighted by Crippen LogP contribution is -2.34. The fourth-order valence-corrected chi connectivity index (χ4v) is 5.51. The number of nitrogens with zero attached hydrogens (tertiary/aromatic N) is 4. The molecule has 174 valence electrons. The molecule has 1 aliphatic carbocycles. The topological polar surface area (TPSA) is 85.3 Å². The highest BCUT2D eigenvalue weighted by molar-refractivity contribution is 5.93. The molecule has 1 aromatic carbocycles. The summed E-state index contributed by atoms with van der Waals surface area (Å²) < 4.78 is 13.6. The third-order valence-corrected chi connectivity index (χ3v) is 7.49. The van der Waals surface area contributed by atoms with E-state index in [2.05, 4.69) is 41.0 Å². The molecule has 1 N–H and O–H groups in total. The Morgan fingerprint density at radius 2 is 1.97 bits per heavy atom. The predicted octanol–water partition coefficient (Wildman–Crippen LogP) is 3.65. The summed E-state index contributed by atoms with van der Waals surface area (Å²) in [5, 5.41) is 13.1. The van der Waals surface area contributed by atoms with E-state index < -0.39 is 0 Å². The van der Waals surface area contributed by atoms with Crippen molar-refractivity contribution in [1.29, 1.82) is 0 Å². The Morgan fingerprint density at radius 3 is 2.70 bits per heavy atom. The van der Waals surface area contributed by atoms with Crippen LogP contribution in [-0.4, -0.2) is 50.9 Å². The van der Waals surface area contributed by atoms with Gasteiger partial charge in [-0.3, -0.25) is 9.89 Å². The maximum atomic E-state index is 13.1. The number of aromatic amines is 1. The second-order valence-electron chi connectivity index (χ2n) is 11.1. The van der Waals surface area contributed by atoms with Crippen molar-refractivity contribution in [1.82, 2.24) is 20.0 Å². The third kappa shape index (κ3) is 3.60. The molecule has 8 heteroatoms. The number of aromatic nitrogens is 4. The van der Waals surface area contributed by atoms with E-state index in [1.54, 1.807) is 7.05 Å². The van der Waals surface area contributed by atoms with Gasteiger partial charge in [0, 0.05) is 30.9 Å². The Kier molecular flexibility index (Phi) is 4.28. The number of benzene rings is 1. The number of anilines is 1. The minimum absolute atomic E-state index is 0.0517. The third-order valence-electron chi connectivity index (χ3n) is 7.49. The van der Waals surface area contributed by atoms with Crippen molar-refractivity contribution in [2.24, 2.45) is 12.5 Å². The zero-order valence-electron chi connectivity index (χ0n) is 19.8. The van der Waals surface area contributed by atoms with Crippen LogP contribution in [0.15, 0.2) is 29.1 Å². The first-order chi connectivity index (χ1) is 15.6. The average Bonchev–Trinajstić information content (AvgIpc) is 3.10. The minimum atomic E-state index is -0.102. The van der Waals surface area contributed by atoms with Gasteiger partial charge in [-0.15, -0.1) is 0 Å². The standard InChI is InChI=1S/C25H31N5O3/c1-23(2)13-25(15-32-23)9-10-30(14-25)20-12-19(28-29(4)22(20)31)21-17-11-16(33-24(3)7-8-24)5-6-18(17)26-27-21/h5-6,11-12H,7-10,13-15H2,1-4H3,(H,26,27). The second-order valence-corrected chi connectivity index (χ2v) is 11.1. The smallest absolute Gasteiger partial charge is 0.290 e. The summed E-state index contributed by atoms with van der Waals surface area (Å²) in [6.07, 6.45) is 4.20. The van der Waals surface area contributed by atoms with Crippen molar-refractivity contribution in [2.45, 2.75) is 57.7 Å². The van der Waals surface area contributed by atoms with Crippen LogP contribution in [0.3, 0.4) is 0 Å². The molecule has 1 spiro atoms. The molecule has 0 bridgehead atoms. The Hall–Kier alpha value is -2.87. The lowest BCUT2D eigenvalue weighted by molar-refractivity contribution is 0.0320. The summed E-state index contributed by atoms with van der Waals surface area (Å²) in [5.41, 5.74) is 2.88. The summed E-state index contributed by atoms with van der Waals surface area (Å²) in [5.74, 6) is 0.834. The molecule has 3 fully saturated rings. The molecule has 8 nitrogen and oxygen atoms in total. The number of hydrogen-bond acceptors (Lipinski definition) is 6. The maximum Gasteiger partial charge on any atom is 0.290 e. The molecule has 1 unspecified atom stereocenters. The lowest BCUT2D eigenvalue weighted by atomic mass is 9.81. The minimum Gasteiger partial charge on any atom is -0.488 e. The Labute approximate surface area is 192 Å². The van der Waals surface area contributed by atoms with Crippen molar-refractivity contribution in [2.75, 3.05) is 24.6 Å². The van der Waals surface area contributed by atoms with E-state index in [4.69, 9.17) is 9.47 Å². The fraction of sp³-hybridized carbons (Fsp3) is 0.560. The van der Waals surface area contributed by atoms with Gasteiger partial charge in [0.2, 0.25) is 0 Å². The van der Waals surface area contributed by atoms with Gasteiger partial charge in [0.15, 0.2) is 0 Å². The highest BCUT2D eigenvalue weighted by Crippen LogP contribution is 2.46. The number of hydrogen-bond donors (Lipinski definition) is 1. The van der Waals surface area contributed by atoms with E-state index in [0.717, 1.165) is 67.7 Å². The van der Waals surface area contributed by atoms with Gasteiger partial charge in [-0.1, -0.05) is 0 Å². The monoisotopic (exact) mass is 449 g/mol. The average molecular weight is 450 g/mol. The van der Waals surface area contributed by atoms with Crippen molar-refractivity contribution >= 4 is 16.6 Å². The molecular formula is C25H31N5O3. The van der Waals surface area contributed by atoms with Gasteiger partial charge >= 0.3 is 0 Å². The summed E-state index contributed by atoms with van der Waals surface area (Å²) in [6, 6.07) is 7.88. The molecule has 0 radical (unpaired) electrons. The largest absolute Gasteiger partial charge is 0.488 e. The van der Waals surface area contributed by atoms with E-state index in [1.165, 1.54) is 4.68 Å². The normalized spacial score (nSPS) is 25.3. The van der Waals surface area contributed by atoms with Crippen LogP contribution in [0.1, 0.15) is 46.5 Å². The van der Waals surface area contributed by atoms with Crippen molar-refractivity contribution in [3.05, 3.63) is 34.6 Å². The molecule has 1 atom stereocenters. The van der Waals surface area contributed by atoms with E-state index >= 15 is 0 Å². The number of ether oxygens (including phenoxy) is 2. The molecule has 33 heavy (non-hydrogen) atoms. The molecule has 3 aromatic rings.